The summed E-state index contributed by atoms with van der Waals surface area (Å²) in [6.07, 6.45) is 0. The maximum Gasteiger partial charge on any atom is 0.262 e. The molecule has 150 valence electrons. The van der Waals surface area contributed by atoms with Gasteiger partial charge in [-0.15, -0.1) is 0 Å². The maximum absolute atomic E-state index is 13.1. The molecule has 0 saturated heterocycles. The number of nitrogens with one attached hydrogen (secondary N) is 2. The number of benzene rings is 3. The summed E-state index contributed by atoms with van der Waals surface area (Å²) in [5.74, 6) is -1.15. The highest BCUT2D eigenvalue weighted by molar-refractivity contribution is 7.92. The third kappa shape index (κ3) is 3.37. The molecule has 0 aromatic heterocycles. The van der Waals surface area contributed by atoms with Gasteiger partial charge in [-0.2, -0.15) is 0 Å². The van der Waals surface area contributed by atoms with Crippen molar-refractivity contribution in [3.8, 4) is 0 Å². The van der Waals surface area contributed by atoms with Gasteiger partial charge in [0.15, 0.2) is 11.6 Å². The monoisotopic (exact) mass is 420 g/mol. The molecule has 0 radical (unpaired) electrons. The molecular weight excluding hydrogens is 404 g/mol. The van der Waals surface area contributed by atoms with Crippen molar-refractivity contribution in [1.82, 2.24) is 0 Å². The van der Waals surface area contributed by atoms with E-state index in [0.29, 0.717) is 5.69 Å². The van der Waals surface area contributed by atoms with Gasteiger partial charge in [0.1, 0.15) is 0 Å². The van der Waals surface area contributed by atoms with Crippen LogP contribution in [0, 0.1) is 0 Å². The van der Waals surface area contributed by atoms with E-state index in [4.69, 9.17) is 0 Å². The van der Waals surface area contributed by atoms with Crippen LogP contribution in [0.5, 0.6) is 0 Å². The van der Waals surface area contributed by atoms with Crippen molar-refractivity contribution < 1.29 is 22.8 Å². The Morgan fingerprint density at radius 1 is 0.733 bits per heavy atom. The van der Waals surface area contributed by atoms with Crippen LogP contribution in [-0.2, 0) is 14.8 Å². The Kier molecular flexibility index (Phi) is 4.71. The summed E-state index contributed by atoms with van der Waals surface area (Å²) in [6, 6.07) is 16.6. The fourth-order valence-electron chi connectivity index (χ4n) is 3.37. The second kappa shape index (κ2) is 7.23. The van der Waals surface area contributed by atoms with E-state index in [1.165, 1.54) is 43.3 Å². The van der Waals surface area contributed by atoms with Crippen molar-refractivity contribution >= 4 is 38.9 Å². The van der Waals surface area contributed by atoms with Crippen LogP contribution in [0.3, 0.4) is 0 Å². The molecule has 7 nitrogen and oxygen atoms in total. The summed E-state index contributed by atoms with van der Waals surface area (Å²) in [4.78, 5) is 36.7. The highest BCUT2D eigenvalue weighted by atomic mass is 32.2. The molecule has 0 atom stereocenters. The van der Waals surface area contributed by atoms with E-state index in [2.05, 4.69) is 10.0 Å². The minimum Gasteiger partial charge on any atom is -0.326 e. The second-order valence-electron chi connectivity index (χ2n) is 6.75. The smallest absolute Gasteiger partial charge is 0.262 e. The van der Waals surface area contributed by atoms with Crippen LogP contribution in [0.4, 0.5) is 11.4 Å². The van der Waals surface area contributed by atoms with Crippen molar-refractivity contribution in [1.29, 1.82) is 0 Å². The molecule has 0 unspecified atom stereocenters. The molecule has 0 saturated carbocycles. The summed E-state index contributed by atoms with van der Waals surface area (Å²) >= 11 is 0. The summed E-state index contributed by atoms with van der Waals surface area (Å²) in [6.45, 7) is 1.37. The summed E-state index contributed by atoms with van der Waals surface area (Å²) in [7, 11) is -4.16. The Hall–Kier alpha value is -3.78. The van der Waals surface area contributed by atoms with Crippen LogP contribution < -0.4 is 10.0 Å². The molecule has 1 aliphatic rings. The molecule has 8 heteroatoms. The Labute approximate surface area is 172 Å². The predicted molar refractivity (Wildman–Crippen MR) is 111 cm³/mol. The van der Waals surface area contributed by atoms with Gasteiger partial charge in [0, 0.05) is 35.0 Å². The lowest BCUT2D eigenvalue weighted by molar-refractivity contribution is -0.114. The predicted octanol–water partition coefficient (Wildman–Crippen LogP) is 3.22. The van der Waals surface area contributed by atoms with Crippen molar-refractivity contribution in [3.05, 3.63) is 89.0 Å². The topological polar surface area (TPSA) is 109 Å². The first kappa shape index (κ1) is 19.5. The van der Waals surface area contributed by atoms with Crippen LogP contribution >= 0.6 is 0 Å². The van der Waals surface area contributed by atoms with Crippen molar-refractivity contribution in [2.75, 3.05) is 10.0 Å². The minimum atomic E-state index is -4.16. The molecule has 1 aliphatic carbocycles. The van der Waals surface area contributed by atoms with Gasteiger partial charge in [-0.25, -0.2) is 8.42 Å². The molecule has 0 heterocycles. The van der Waals surface area contributed by atoms with Gasteiger partial charge in [-0.05, 0) is 30.3 Å². The zero-order valence-electron chi connectivity index (χ0n) is 15.8. The molecule has 3 aromatic rings. The van der Waals surface area contributed by atoms with Gasteiger partial charge in [0.25, 0.3) is 10.0 Å². The largest absolute Gasteiger partial charge is 0.326 e. The van der Waals surface area contributed by atoms with Gasteiger partial charge in [-0.3, -0.25) is 19.1 Å². The minimum absolute atomic E-state index is 0.0579. The number of carbonyl (C=O) groups excluding carboxylic acids is 3. The molecular formula is C22H16N2O5S. The second-order valence-corrected chi connectivity index (χ2v) is 8.40. The summed E-state index contributed by atoms with van der Waals surface area (Å²) in [5, 5.41) is 2.59. The lowest BCUT2D eigenvalue weighted by Crippen LogP contribution is -2.25. The van der Waals surface area contributed by atoms with Gasteiger partial charge >= 0.3 is 0 Å². The van der Waals surface area contributed by atoms with Gasteiger partial charge in [-0.1, -0.05) is 36.4 Å². The molecule has 0 spiro atoms. The van der Waals surface area contributed by atoms with E-state index in [9.17, 15) is 22.8 Å². The fourth-order valence-corrected chi connectivity index (χ4v) is 4.66. The normalized spacial score (nSPS) is 12.7. The van der Waals surface area contributed by atoms with Crippen molar-refractivity contribution in [3.63, 3.8) is 0 Å². The Balaban J connectivity index is 1.74. The van der Waals surface area contributed by atoms with Crippen LogP contribution in [0.1, 0.15) is 38.8 Å². The first-order valence-corrected chi connectivity index (χ1v) is 10.5. The zero-order chi connectivity index (χ0) is 21.5. The highest BCUT2D eigenvalue weighted by Crippen LogP contribution is 2.32. The van der Waals surface area contributed by atoms with Crippen molar-refractivity contribution in [2.45, 2.75) is 11.8 Å². The number of carbonyl (C=O) groups is 3. The molecule has 2 N–H and O–H groups in total. The van der Waals surface area contributed by atoms with E-state index in [1.807, 2.05) is 0 Å². The first-order chi connectivity index (χ1) is 14.3. The van der Waals surface area contributed by atoms with E-state index < -0.39 is 21.6 Å². The van der Waals surface area contributed by atoms with Crippen LogP contribution in [-0.4, -0.2) is 25.9 Å². The number of ketones is 2. The fraction of sp³-hybridized carbons (Fsp3) is 0.0455. The molecule has 0 aliphatic heterocycles. The number of amides is 1. The SMILES string of the molecule is CC(=O)Nc1ccc(NS(=O)(=O)c2cccc3c2C(=O)c2ccccc2C3=O)cc1. The van der Waals surface area contributed by atoms with Crippen LogP contribution in [0.15, 0.2) is 71.6 Å². The third-order valence-electron chi connectivity index (χ3n) is 4.66. The molecule has 0 fully saturated rings. The average Bonchev–Trinajstić information content (AvgIpc) is 2.72. The Morgan fingerprint density at radius 2 is 1.30 bits per heavy atom. The van der Waals surface area contributed by atoms with E-state index in [-0.39, 0.29) is 38.7 Å². The van der Waals surface area contributed by atoms with Gasteiger partial charge in [0.05, 0.1) is 10.5 Å². The molecule has 4 rings (SSSR count). The Morgan fingerprint density at radius 3 is 1.93 bits per heavy atom. The highest BCUT2D eigenvalue weighted by Gasteiger charge is 2.34. The zero-order valence-corrected chi connectivity index (χ0v) is 16.6. The maximum atomic E-state index is 13.1. The first-order valence-electron chi connectivity index (χ1n) is 9.00. The summed E-state index contributed by atoms with van der Waals surface area (Å²) < 4.78 is 28.5. The number of hydrogen-bond donors (Lipinski definition) is 2. The standard InChI is InChI=1S/C22H16N2O5S/c1-13(25)23-14-9-11-15(12-10-14)24-30(28,29)19-8-4-7-18-20(19)22(27)17-6-3-2-5-16(17)21(18)26/h2-12,24H,1H3,(H,23,25). The van der Waals surface area contributed by atoms with Crippen molar-refractivity contribution in [2.24, 2.45) is 0 Å². The van der Waals surface area contributed by atoms with Crippen LogP contribution in [0.2, 0.25) is 0 Å². The quantitative estimate of drug-likeness (QED) is 0.527. The van der Waals surface area contributed by atoms with E-state index in [0.717, 1.165) is 0 Å². The number of fused-ring (bicyclic) bond motifs is 2. The van der Waals surface area contributed by atoms with E-state index >= 15 is 0 Å². The number of hydrogen-bond acceptors (Lipinski definition) is 5. The lowest BCUT2D eigenvalue weighted by Gasteiger charge is -2.20. The van der Waals surface area contributed by atoms with Crippen LogP contribution in [0.25, 0.3) is 0 Å². The molecule has 30 heavy (non-hydrogen) atoms. The molecule has 3 aromatic carbocycles. The third-order valence-corrected chi connectivity index (χ3v) is 6.08. The lowest BCUT2D eigenvalue weighted by atomic mass is 9.84. The Bertz CT molecular complexity index is 1310. The molecule has 1 amide bonds. The van der Waals surface area contributed by atoms with Gasteiger partial charge < -0.3 is 5.32 Å². The average molecular weight is 420 g/mol. The molecule has 0 bridgehead atoms. The number of rotatable bonds is 4. The van der Waals surface area contributed by atoms with E-state index in [1.54, 1.807) is 30.3 Å². The van der Waals surface area contributed by atoms with Gasteiger partial charge in [0.2, 0.25) is 5.91 Å². The summed E-state index contributed by atoms with van der Waals surface area (Å²) in [5.41, 5.74) is 1.12. The number of sulfonamides is 1. The number of anilines is 2.